The lowest BCUT2D eigenvalue weighted by Crippen LogP contribution is -2.43. The van der Waals surface area contributed by atoms with Gasteiger partial charge in [0.15, 0.2) is 16.6 Å². The standard InChI is InChI=1S/C25H50O3Si2/c1-13-16-23(28-30(11,12)25(6,7)8)20-15-19-22(26)18-14-17-21(2)27-29(9,10)24(3,4)5/h21,23H,13-14,16-18,20H2,1-12H3/t21-,23-/m0/s1/i14D2,18D2. The molecule has 0 aliphatic rings. The Morgan fingerprint density at radius 2 is 1.47 bits per heavy atom. The summed E-state index contributed by atoms with van der Waals surface area (Å²) in [6, 6.07) is 0. The minimum Gasteiger partial charge on any atom is -0.414 e. The van der Waals surface area contributed by atoms with Crippen molar-refractivity contribution in [3.8, 4) is 11.8 Å². The highest BCUT2D eigenvalue weighted by Crippen LogP contribution is 2.38. The number of Topliss-reactive ketones (excluding diaryl/α,β-unsaturated/α-hetero) is 1. The van der Waals surface area contributed by atoms with E-state index in [0.29, 0.717) is 6.42 Å². The van der Waals surface area contributed by atoms with E-state index in [-0.39, 0.29) is 22.6 Å². The van der Waals surface area contributed by atoms with Gasteiger partial charge < -0.3 is 8.85 Å². The summed E-state index contributed by atoms with van der Waals surface area (Å²) >= 11 is 0. The lowest BCUT2D eigenvalue weighted by Gasteiger charge is -2.39. The average molecular weight is 459 g/mol. The number of hydrogen-bond acceptors (Lipinski definition) is 3. The van der Waals surface area contributed by atoms with E-state index >= 15 is 0 Å². The number of hydrogen-bond donors (Lipinski definition) is 0. The Balaban J connectivity index is 5.41. The molecule has 0 N–H and O–H groups in total. The number of carbonyl (C=O) groups excluding carboxylic acids is 1. The van der Waals surface area contributed by atoms with Gasteiger partial charge in [0, 0.05) is 24.4 Å². The normalized spacial score (nSPS) is 18.3. The van der Waals surface area contributed by atoms with Gasteiger partial charge in [-0.1, -0.05) is 60.8 Å². The van der Waals surface area contributed by atoms with E-state index in [4.69, 9.17) is 14.3 Å². The second-order valence-corrected chi connectivity index (χ2v) is 20.8. The predicted molar refractivity (Wildman–Crippen MR) is 136 cm³/mol. The average Bonchev–Trinajstić information content (AvgIpc) is 2.58. The summed E-state index contributed by atoms with van der Waals surface area (Å²) in [4.78, 5) is 12.7. The lowest BCUT2D eigenvalue weighted by atomic mass is 10.1. The summed E-state index contributed by atoms with van der Waals surface area (Å²) in [5.41, 5.74) is 0. The van der Waals surface area contributed by atoms with Gasteiger partial charge in [0.25, 0.3) is 0 Å². The predicted octanol–water partition coefficient (Wildman–Crippen LogP) is 7.72. The highest BCUT2D eigenvalue weighted by molar-refractivity contribution is 6.74. The van der Waals surface area contributed by atoms with Crippen LogP contribution in [0.5, 0.6) is 0 Å². The summed E-state index contributed by atoms with van der Waals surface area (Å²) in [6.45, 7) is 25.1. The van der Waals surface area contributed by atoms with Crippen molar-refractivity contribution < 1.29 is 19.1 Å². The van der Waals surface area contributed by atoms with Crippen LogP contribution in [0.1, 0.15) is 99.3 Å². The van der Waals surface area contributed by atoms with Gasteiger partial charge in [0.2, 0.25) is 5.78 Å². The first-order chi connectivity index (χ1) is 14.9. The summed E-state index contributed by atoms with van der Waals surface area (Å²) in [5, 5.41) is 0.00870. The van der Waals surface area contributed by atoms with Gasteiger partial charge in [-0.15, -0.1) is 0 Å². The maximum atomic E-state index is 12.7. The smallest absolute Gasteiger partial charge is 0.205 e. The van der Waals surface area contributed by atoms with E-state index in [1.54, 1.807) is 6.92 Å². The Kier molecular flexibility index (Phi) is 9.10. The van der Waals surface area contributed by atoms with Crippen molar-refractivity contribution >= 4 is 22.4 Å². The molecule has 176 valence electrons. The molecule has 0 fully saturated rings. The van der Waals surface area contributed by atoms with Gasteiger partial charge in [-0.3, -0.25) is 4.79 Å². The molecular weight excluding hydrogens is 404 g/mol. The first-order valence-corrected chi connectivity index (χ1v) is 17.1. The van der Waals surface area contributed by atoms with Crippen molar-refractivity contribution in [2.24, 2.45) is 0 Å². The summed E-state index contributed by atoms with van der Waals surface area (Å²) < 4.78 is 45.8. The number of ketones is 1. The summed E-state index contributed by atoms with van der Waals surface area (Å²) in [7, 11) is -4.14. The number of carbonyl (C=O) groups is 1. The molecule has 0 aromatic rings. The minimum absolute atomic E-state index is 0.0458. The molecule has 0 saturated heterocycles. The highest BCUT2D eigenvalue weighted by atomic mass is 28.4. The van der Waals surface area contributed by atoms with Crippen LogP contribution < -0.4 is 0 Å². The summed E-state index contributed by atoms with van der Waals surface area (Å²) in [5.74, 6) is 4.16. The molecule has 0 spiro atoms. The van der Waals surface area contributed by atoms with Crippen LogP contribution in [-0.4, -0.2) is 34.6 Å². The van der Waals surface area contributed by atoms with Crippen LogP contribution in [0.25, 0.3) is 0 Å². The molecule has 0 aromatic carbocycles. The van der Waals surface area contributed by atoms with Gasteiger partial charge in [-0.05, 0) is 68.3 Å². The Labute approximate surface area is 196 Å². The quantitative estimate of drug-likeness (QED) is 0.180. The molecule has 3 nitrogen and oxygen atoms in total. The molecule has 0 aromatic heterocycles. The van der Waals surface area contributed by atoms with Crippen LogP contribution >= 0.6 is 0 Å². The van der Waals surface area contributed by atoms with Crippen molar-refractivity contribution in [1.29, 1.82) is 0 Å². The maximum Gasteiger partial charge on any atom is 0.205 e. The van der Waals surface area contributed by atoms with Crippen LogP contribution in [0.3, 0.4) is 0 Å². The van der Waals surface area contributed by atoms with Crippen molar-refractivity contribution in [1.82, 2.24) is 0 Å². The SMILES string of the molecule is [2H]C([2H])(C[C@H](C)O[Si](C)(C)C(C)(C)C)C([2H])([2H])C(=O)C#CC[C@H](CCC)O[Si](C)(C)C(C)(C)C. The fourth-order valence-electron chi connectivity index (χ4n) is 2.39. The monoisotopic (exact) mass is 458 g/mol. The first-order valence-electron chi connectivity index (χ1n) is 13.3. The zero-order valence-corrected chi connectivity index (χ0v) is 23.7. The maximum absolute atomic E-state index is 12.7. The molecular formula is C25H50O3Si2. The van der Waals surface area contributed by atoms with Crippen LogP contribution in [0.4, 0.5) is 0 Å². The van der Waals surface area contributed by atoms with E-state index in [1.165, 1.54) is 0 Å². The van der Waals surface area contributed by atoms with Crippen LogP contribution in [0, 0.1) is 11.8 Å². The Morgan fingerprint density at radius 1 is 0.967 bits per heavy atom. The first kappa shape index (κ1) is 22.8. The van der Waals surface area contributed by atoms with Crippen LogP contribution in [0.15, 0.2) is 0 Å². The largest absolute Gasteiger partial charge is 0.414 e. The fourth-order valence-corrected chi connectivity index (χ4v) is 5.22. The second-order valence-electron chi connectivity index (χ2n) is 11.3. The molecule has 0 bridgehead atoms. The summed E-state index contributed by atoms with van der Waals surface area (Å²) in [6.07, 6.45) is -3.92. The van der Waals surface area contributed by atoms with Gasteiger partial charge in [-0.25, -0.2) is 0 Å². The third-order valence-corrected chi connectivity index (χ3v) is 15.4. The molecule has 0 aliphatic carbocycles. The Bertz CT molecular complexity index is 742. The molecule has 0 radical (unpaired) electrons. The van der Waals surface area contributed by atoms with Crippen LogP contribution in [0.2, 0.25) is 36.3 Å². The topological polar surface area (TPSA) is 35.5 Å². The van der Waals surface area contributed by atoms with E-state index < -0.39 is 41.3 Å². The molecule has 0 amide bonds. The van der Waals surface area contributed by atoms with Crippen molar-refractivity contribution in [3.05, 3.63) is 0 Å². The minimum atomic E-state index is -2.73. The van der Waals surface area contributed by atoms with E-state index in [1.807, 2.05) is 0 Å². The Hall–Kier alpha value is -0.416. The number of rotatable bonds is 11. The Morgan fingerprint density at radius 3 is 1.93 bits per heavy atom. The molecule has 2 atom stereocenters. The van der Waals surface area contributed by atoms with Crippen LogP contribution in [-0.2, 0) is 13.6 Å². The molecule has 0 aliphatic heterocycles. The third-order valence-electron chi connectivity index (χ3n) is 6.30. The second kappa shape index (κ2) is 12.0. The van der Waals surface area contributed by atoms with E-state index in [0.717, 1.165) is 12.8 Å². The zero-order chi connectivity index (χ0) is 27.4. The molecule has 0 saturated carbocycles. The molecule has 5 heteroatoms. The van der Waals surface area contributed by atoms with E-state index in [9.17, 15) is 4.79 Å². The van der Waals surface area contributed by atoms with Gasteiger partial charge >= 0.3 is 0 Å². The van der Waals surface area contributed by atoms with Crippen molar-refractivity contribution in [2.45, 2.75) is 142 Å². The molecule has 0 heterocycles. The lowest BCUT2D eigenvalue weighted by molar-refractivity contribution is -0.114. The molecule has 0 rings (SSSR count). The van der Waals surface area contributed by atoms with Crippen molar-refractivity contribution in [2.75, 3.05) is 0 Å². The highest BCUT2D eigenvalue weighted by Gasteiger charge is 2.39. The van der Waals surface area contributed by atoms with Gasteiger partial charge in [0.05, 0.1) is 6.10 Å². The van der Waals surface area contributed by atoms with E-state index in [2.05, 4.69) is 86.5 Å². The van der Waals surface area contributed by atoms with Crippen molar-refractivity contribution in [3.63, 3.8) is 0 Å². The molecule has 30 heavy (non-hydrogen) atoms. The molecule has 0 unspecified atom stereocenters. The fraction of sp³-hybridized carbons (Fsp3) is 0.880. The van der Waals surface area contributed by atoms with Gasteiger partial charge in [0.1, 0.15) is 0 Å². The third kappa shape index (κ3) is 10.7. The van der Waals surface area contributed by atoms with Gasteiger partial charge in [-0.2, -0.15) is 0 Å². The zero-order valence-electron chi connectivity index (χ0n) is 25.7.